The number of carbonyl (C=O) groups excluding carboxylic acids is 3. The molecule has 0 aliphatic carbocycles. The number of urea groups is 1. The average Bonchev–Trinajstić information content (AvgIpc) is 2.89. The van der Waals surface area contributed by atoms with E-state index in [4.69, 9.17) is 0 Å². The molecule has 28 heavy (non-hydrogen) atoms. The number of non-ortho nitro benzene ring substituents is 1. The van der Waals surface area contributed by atoms with Gasteiger partial charge in [-0.15, -0.1) is 0 Å². The van der Waals surface area contributed by atoms with Gasteiger partial charge in [-0.2, -0.15) is 0 Å². The molecule has 0 saturated carbocycles. The number of nitro benzene ring substituents is 1. The van der Waals surface area contributed by atoms with Crippen molar-refractivity contribution in [3.63, 3.8) is 0 Å². The van der Waals surface area contributed by atoms with E-state index in [0.717, 1.165) is 15.4 Å². The number of anilines is 1. The summed E-state index contributed by atoms with van der Waals surface area (Å²) in [7, 11) is 0. The lowest BCUT2D eigenvalue weighted by Crippen LogP contribution is -2.35. The second kappa shape index (κ2) is 8.17. The van der Waals surface area contributed by atoms with Gasteiger partial charge < -0.3 is 10.6 Å². The summed E-state index contributed by atoms with van der Waals surface area (Å²) in [5.41, 5.74) is 0.553. The van der Waals surface area contributed by atoms with Crippen LogP contribution in [0.2, 0.25) is 0 Å². The number of halogens is 1. The molecule has 2 aromatic rings. The Balaban J connectivity index is 1.51. The maximum atomic E-state index is 12.4. The van der Waals surface area contributed by atoms with E-state index >= 15 is 0 Å². The van der Waals surface area contributed by atoms with Gasteiger partial charge in [0.1, 0.15) is 0 Å². The van der Waals surface area contributed by atoms with E-state index in [1.807, 2.05) is 6.07 Å². The average molecular weight is 447 g/mol. The molecule has 2 N–H and O–H groups in total. The Morgan fingerprint density at radius 2 is 1.86 bits per heavy atom. The van der Waals surface area contributed by atoms with Crippen molar-refractivity contribution in [1.82, 2.24) is 10.2 Å². The monoisotopic (exact) mass is 446 g/mol. The van der Waals surface area contributed by atoms with E-state index in [-0.39, 0.29) is 29.9 Å². The van der Waals surface area contributed by atoms with Crippen molar-refractivity contribution in [2.24, 2.45) is 0 Å². The summed E-state index contributed by atoms with van der Waals surface area (Å²) in [6.07, 6.45) is 0.347. The minimum Gasteiger partial charge on any atom is -0.338 e. The number of nitrogens with zero attached hydrogens (tertiary/aromatic N) is 2. The van der Waals surface area contributed by atoms with Gasteiger partial charge in [-0.25, -0.2) is 4.79 Å². The Bertz CT molecular complexity index is 978. The van der Waals surface area contributed by atoms with Crippen LogP contribution in [-0.4, -0.2) is 40.8 Å². The highest BCUT2D eigenvalue weighted by atomic mass is 79.9. The van der Waals surface area contributed by atoms with E-state index in [2.05, 4.69) is 26.6 Å². The highest BCUT2D eigenvalue weighted by Crippen LogP contribution is 2.26. The third kappa shape index (κ3) is 4.17. The molecule has 0 bridgehead atoms. The molecule has 0 radical (unpaired) electrons. The number of rotatable bonds is 6. The third-order valence-corrected chi connectivity index (χ3v) is 4.58. The van der Waals surface area contributed by atoms with Gasteiger partial charge in [0.2, 0.25) is 0 Å². The van der Waals surface area contributed by atoms with Gasteiger partial charge in [0.25, 0.3) is 17.5 Å². The Hall–Kier alpha value is -3.27. The van der Waals surface area contributed by atoms with Crippen LogP contribution in [0.3, 0.4) is 0 Å². The van der Waals surface area contributed by atoms with Gasteiger partial charge in [0, 0.05) is 35.4 Å². The van der Waals surface area contributed by atoms with Crippen LogP contribution in [0, 0.1) is 10.1 Å². The number of carbonyl (C=O) groups is 3. The second-order valence-corrected chi connectivity index (χ2v) is 6.91. The highest BCUT2D eigenvalue weighted by Gasteiger charge is 2.36. The summed E-state index contributed by atoms with van der Waals surface area (Å²) in [5.74, 6) is -1.06. The van der Waals surface area contributed by atoms with Gasteiger partial charge in [-0.05, 0) is 30.7 Å². The van der Waals surface area contributed by atoms with Crippen molar-refractivity contribution in [3.05, 3.63) is 68.2 Å². The van der Waals surface area contributed by atoms with Crippen LogP contribution in [0.1, 0.15) is 27.1 Å². The highest BCUT2D eigenvalue weighted by molar-refractivity contribution is 9.10. The second-order valence-electron chi connectivity index (χ2n) is 5.99. The predicted octanol–water partition coefficient (Wildman–Crippen LogP) is 3.17. The maximum absolute atomic E-state index is 12.4. The van der Waals surface area contributed by atoms with E-state index in [9.17, 15) is 24.5 Å². The molecular formula is C18H15BrN4O5. The first kappa shape index (κ1) is 19.5. The van der Waals surface area contributed by atoms with Crippen molar-refractivity contribution < 1.29 is 19.3 Å². The number of amides is 4. The number of nitrogens with one attached hydrogen (secondary N) is 2. The van der Waals surface area contributed by atoms with E-state index in [1.54, 1.807) is 18.2 Å². The van der Waals surface area contributed by atoms with Crippen LogP contribution in [0.4, 0.5) is 16.2 Å². The first-order valence-corrected chi connectivity index (χ1v) is 9.11. The Kier molecular flexibility index (Phi) is 5.69. The van der Waals surface area contributed by atoms with Gasteiger partial charge >= 0.3 is 6.03 Å². The molecule has 10 heteroatoms. The van der Waals surface area contributed by atoms with Crippen LogP contribution in [0.15, 0.2) is 46.9 Å². The van der Waals surface area contributed by atoms with Crippen LogP contribution in [-0.2, 0) is 0 Å². The van der Waals surface area contributed by atoms with Gasteiger partial charge in [-0.1, -0.05) is 22.0 Å². The molecule has 2 aromatic carbocycles. The zero-order valence-electron chi connectivity index (χ0n) is 14.5. The molecule has 1 heterocycles. The third-order valence-electron chi connectivity index (χ3n) is 4.09. The summed E-state index contributed by atoms with van der Waals surface area (Å²) < 4.78 is 0.830. The molecular weight excluding hydrogens is 432 g/mol. The van der Waals surface area contributed by atoms with Gasteiger partial charge in [-0.3, -0.25) is 24.6 Å². The standard InChI is InChI=1S/C18H15BrN4O5/c19-11-3-1-4-12(9-11)21-18(26)20-7-2-8-22-16(24)14-6-5-13(23(27)28)10-15(14)17(22)25/h1,3-6,9-10H,2,7-8H2,(H2,20,21,26). The Morgan fingerprint density at radius 3 is 2.57 bits per heavy atom. The lowest BCUT2D eigenvalue weighted by atomic mass is 10.1. The SMILES string of the molecule is O=C(NCCCN1C(=O)c2ccc([N+](=O)[O-])cc2C1=O)Nc1cccc(Br)c1. The fourth-order valence-corrected chi connectivity index (χ4v) is 3.18. The minimum atomic E-state index is -0.617. The van der Waals surface area contributed by atoms with Crippen LogP contribution in [0.5, 0.6) is 0 Å². The van der Waals surface area contributed by atoms with Gasteiger partial charge in [0.05, 0.1) is 16.1 Å². The molecule has 3 rings (SSSR count). The van der Waals surface area contributed by atoms with Crippen molar-refractivity contribution in [2.75, 3.05) is 18.4 Å². The fourth-order valence-electron chi connectivity index (χ4n) is 2.78. The fraction of sp³-hybridized carbons (Fsp3) is 0.167. The number of fused-ring (bicyclic) bond motifs is 1. The molecule has 0 aromatic heterocycles. The largest absolute Gasteiger partial charge is 0.338 e. The van der Waals surface area contributed by atoms with E-state index < -0.39 is 22.8 Å². The van der Waals surface area contributed by atoms with Gasteiger partial charge in [0.15, 0.2) is 0 Å². The zero-order valence-corrected chi connectivity index (χ0v) is 16.1. The molecule has 0 unspecified atom stereocenters. The van der Waals surface area contributed by atoms with E-state index in [1.165, 1.54) is 12.1 Å². The molecule has 0 spiro atoms. The smallest absolute Gasteiger partial charge is 0.319 e. The van der Waals surface area contributed by atoms with Crippen molar-refractivity contribution >= 4 is 45.2 Å². The lowest BCUT2D eigenvalue weighted by molar-refractivity contribution is -0.384. The molecule has 144 valence electrons. The molecule has 1 aliphatic rings. The van der Waals surface area contributed by atoms with Crippen LogP contribution >= 0.6 is 15.9 Å². The summed E-state index contributed by atoms with van der Waals surface area (Å²) in [6.45, 7) is 0.338. The first-order chi connectivity index (χ1) is 13.4. The molecule has 9 nitrogen and oxygen atoms in total. The summed E-state index contributed by atoms with van der Waals surface area (Å²) in [5, 5.41) is 16.2. The lowest BCUT2D eigenvalue weighted by Gasteiger charge is -2.14. The van der Waals surface area contributed by atoms with Crippen LogP contribution < -0.4 is 10.6 Å². The summed E-state index contributed by atoms with van der Waals surface area (Å²) in [4.78, 5) is 47.8. The zero-order chi connectivity index (χ0) is 20.3. The minimum absolute atomic E-state index is 0.0274. The van der Waals surface area contributed by atoms with Crippen LogP contribution in [0.25, 0.3) is 0 Å². The van der Waals surface area contributed by atoms with Crippen molar-refractivity contribution in [2.45, 2.75) is 6.42 Å². The Labute approximate surface area is 168 Å². The number of nitro groups is 1. The number of hydrogen-bond acceptors (Lipinski definition) is 5. The molecule has 0 fully saturated rings. The quantitative estimate of drug-likeness (QED) is 0.305. The van der Waals surface area contributed by atoms with Crippen molar-refractivity contribution in [1.29, 1.82) is 0 Å². The van der Waals surface area contributed by atoms with Crippen molar-refractivity contribution in [3.8, 4) is 0 Å². The summed E-state index contributed by atoms with van der Waals surface area (Å²) >= 11 is 3.31. The molecule has 4 amide bonds. The molecule has 0 atom stereocenters. The topological polar surface area (TPSA) is 122 Å². The Morgan fingerprint density at radius 1 is 1.11 bits per heavy atom. The molecule has 0 saturated heterocycles. The van der Waals surface area contributed by atoms with E-state index in [0.29, 0.717) is 12.1 Å². The maximum Gasteiger partial charge on any atom is 0.319 e. The first-order valence-electron chi connectivity index (χ1n) is 8.32. The predicted molar refractivity (Wildman–Crippen MR) is 104 cm³/mol. The number of imide groups is 1. The number of hydrogen-bond donors (Lipinski definition) is 2. The normalized spacial score (nSPS) is 12.7. The summed E-state index contributed by atoms with van der Waals surface area (Å²) in [6, 6.07) is 10.3. The number of benzene rings is 2. The molecule has 1 aliphatic heterocycles.